The van der Waals surface area contributed by atoms with Gasteiger partial charge in [-0.25, -0.2) is 9.97 Å². The number of rotatable bonds is 0. The second kappa shape index (κ2) is 3.25. The van der Waals surface area contributed by atoms with Crippen LogP contribution in [0.25, 0.3) is 0 Å². The van der Waals surface area contributed by atoms with E-state index < -0.39 is 0 Å². The summed E-state index contributed by atoms with van der Waals surface area (Å²) in [6.07, 6.45) is 0. The summed E-state index contributed by atoms with van der Waals surface area (Å²) in [7, 11) is 0. The van der Waals surface area contributed by atoms with Crippen molar-refractivity contribution in [1.29, 1.82) is 0 Å². The molecule has 1 aromatic rings. The summed E-state index contributed by atoms with van der Waals surface area (Å²) in [4.78, 5) is 8.23. The second-order valence-electron chi connectivity index (χ2n) is 4.02. The Kier molecular flexibility index (Phi) is 2.61. The Labute approximate surface area is 86.4 Å². The summed E-state index contributed by atoms with van der Waals surface area (Å²) in [6, 6.07) is 0. The van der Waals surface area contributed by atoms with Gasteiger partial charge in [0.1, 0.15) is 10.3 Å². The number of aromatic hydroxyl groups is 1. The first-order valence-electron chi connectivity index (χ1n) is 4.06. The van der Waals surface area contributed by atoms with Gasteiger partial charge in [-0.3, -0.25) is 0 Å². The smallest absolute Gasteiger partial charge is 0.233 e. The van der Waals surface area contributed by atoms with Gasteiger partial charge in [0.25, 0.3) is 0 Å². The fourth-order valence-electron chi connectivity index (χ4n) is 0.960. The van der Waals surface area contributed by atoms with Gasteiger partial charge in [-0.15, -0.1) is 0 Å². The third-order valence-corrected chi connectivity index (χ3v) is 2.27. The van der Waals surface area contributed by atoms with Crippen molar-refractivity contribution < 1.29 is 5.11 Å². The first-order valence-corrected chi connectivity index (χ1v) is 4.85. The zero-order chi connectivity index (χ0) is 10.2. The van der Waals surface area contributed by atoms with Crippen LogP contribution >= 0.6 is 15.9 Å². The van der Waals surface area contributed by atoms with Crippen molar-refractivity contribution in [3.63, 3.8) is 0 Å². The molecule has 1 aromatic heterocycles. The van der Waals surface area contributed by atoms with E-state index in [1.54, 1.807) is 6.92 Å². The van der Waals surface area contributed by atoms with Crippen LogP contribution in [0.5, 0.6) is 5.88 Å². The molecule has 3 nitrogen and oxygen atoms in total. The van der Waals surface area contributed by atoms with Crippen LogP contribution in [0.15, 0.2) is 4.60 Å². The van der Waals surface area contributed by atoms with E-state index in [4.69, 9.17) is 0 Å². The van der Waals surface area contributed by atoms with Crippen molar-refractivity contribution in [1.82, 2.24) is 9.97 Å². The highest BCUT2D eigenvalue weighted by atomic mass is 79.9. The molecule has 0 unspecified atom stereocenters. The molecule has 0 amide bonds. The third kappa shape index (κ3) is 2.18. The fourth-order valence-corrected chi connectivity index (χ4v) is 1.91. The predicted molar refractivity (Wildman–Crippen MR) is 54.8 cm³/mol. The lowest BCUT2D eigenvalue weighted by molar-refractivity contribution is 0.431. The third-order valence-electron chi connectivity index (χ3n) is 1.71. The number of nitrogens with zero attached hydrogens (tertiary/aromatic N) is 2. The lowest BCUT2D eigenvalue weighted by Gasteiger charge is -2.19. The average Bonchev–Trinajstić information content (AvgIpc) is 1.94. The molecule has 0 atom stereocenters. The summed E-state index contributed by atoms with van der Waals surface area (Å²) < 4.78 is 0.704. The number of aryl methyl sites for hydroxylation is 1. The maximum Gasteiger partial charge on any atom is 0.233 e. The standard InChI is InChI=1S/C9H13BrN2O/c1-5-8(13)12-6(7(10)11-5)9(2,3)4/h1-4H3,(H,12,13). The van der Waals surface area contributed by atoms with Gasteiger partial charge < -0.3 is 5.11 Å². The zero-order valence-corrected chi connectivity index (χ0v) is 9.81. The molecule has 0 spiro atoms. The molecule has 1 rings (SSSR count). The maximum absolute atomic E-state index is 9.39. The zero-order valence-electron chi connectivity index (χ0n) is 8.22. The van der Waals surface area contributed by atoms with E-state index in [1.165, 1.54) is 0 Å². The Morgan fingerprint density at radius 2 is 1.77 bits per heavy atom. The largest absolute Gasteiger partial charge is 0.492 e. The first-order chi connectivity index (χ1) is 5.82. The summed E-state index contributed by atoms with van der Waals surface area (Å²) in [5.41, 5.74) is 1.20. The molecular weight excluding hydrogens is 232 g/mol. The minimum atomic E-state index is -0.114. The van der Waals surface area contributed by atoms with Crippen molar-refractivity contribution in [2.45, 2.75) is 33.1 Å². The minimum absolute atomic E-state index is 0.00752. The Morgan fingerprint density at radius 1 is 1.23 bits per heavy atom. The number of halogens is 1. The Bertz CT molecular complexity index is 331. The van der Waals surface area contributed by atoms with E-state index in [-0.39, 0.29) is 11.3 Å². The number of hydrogen-bond donors (Lipinski definition) is 1. The molecule has 0 aliphatic heterocycles. The monoisotopic (exact) mass is 244 g/mol. The topological polar surface area (TPSA) is 46.0 Å². The molecule has 0 bridgehead atoms. The highest BCUT2D eigenvalue weighted by Gasteiger charge is 2.21. The van der Waals surface area contributed by atoms with E-state index in [0.29, 0.717) is 10.3 Å². The van der Waals surface area contributed by atoms with Gasteiger partial charge in [0.15, 0.2) is 0 Å². The van der Waals surface area contributed by atoms with Gasteiger partial charge in [0.05, 0.1) is 5.69 Å². The molecule has 0 saturated heterocycles. The van der Waals surface area contributed by atoms with Crippen molar-refractivity contribution >= 4 is 15.9 Å². The van der Waals surface area contributed by atoms with Crippen LogP contribution in [0.2, 0.25) is 0 Å². The van der Waals surface area contributed by atoms with Crippen LogP contribution in [0.4, 0.5) is 0 Å². The van der Waals surface area contributed by atoms with Crippen LogP contribution in [0.1, 0.15) is 32.2 Å². The molecule has 0 aliphatic carbocycles. The van der Waals surface area contributed by atoms with Crippen molar-refractivity contribution in [3.8, 4) is 5.88 Å². The molecule has 0 fully saturated rings. The van der Waals surface area contributed by atoms with E-state index in [2.05, 4.69) is 25.9 Å². The fraction of sp³-hybridized carbons (Fsp3) is 0.556. The molecule has 0 aliphatic rings. The van der Waals surface area contributed by atoms with Crippen LogP contribution < -0.4 is 0 Å². The summed E-state index contributed by atoms with van der Waals surface area (Å²) in [5.74, 6) is 0.00752. The Morgan fingerprint density at radius 3 is 2.23 bits per heavy atom. The first kappa shape index (κ1) is 10.4. The van der Waals surface area contributed by atoms with Gasteiger partial charge in [-0.1, -0.05) is 20.8 Å². The summed E-state index contributed by atoms with van der Waals surface area (Å²) in [5, 5.41) is 9.39. The molecule has 0 saturated carbocycles. The maximum atomic E-state index is 9.39. The van der Waals surface area contributed by atoms with Crippen molar-refractivity contribution in [2.75, 3.05) is 0 Å². The number of hydrogen-bond acceptors (Lipinski definition) is 3. The van der Waals surface area contributed by atoms with E-state index in [0.717, 1.165) is 5.69 Å². The van der Waals surface area contributed by atoms with Crippen LogP contribution in [0, 0.1) is 6.92 Å². The van der Waals surface area contributed by atoms with Crippen LogP contribution in [0.3, 0.4) is 0 Å². The van der Waals surface area contributed by atoms with Crippen molar-refractivity contribution in [3.05, 3.63) is 16.0 Å². The summed E-state index contributed by atoms with van der Waals surface area (Å²) in [6.45, 7) is 7.79. The molecule has 72 valence electrons. The molecule has 13 heavy (non-hydrogen) atoms. The lowest BCUT2D eigenvalue weighted by atomic mass is 9.93. The minimum Gasteiger partial charge on any atom is -0.492 e. The molecular formula is C9H13BrN2O. The van der Waals surface area contributed by atoms with E-state index >= 15 is 0 Å². The van der Waals surface area contributed by atoms with Crippen LogP contribution in [-0.2, 0) is 5.41 Å². The molecule has 0 radical (unpaired) electrons. The van der Waals surface area contributed by atoms with Gasteiger partial charge in [-0.05, 0) is 22.9 Å². The molecule has 4 heteroatoms. The van der Waals surface area contributed by atoms with E-state index in [9.17, 15) is 5.11 Å². The number of aromatic nitrogens is 2. The quantitative estimate of drug-likeness (QED) is 0.763. The van der Waals surface area contributed by atoms with Gasteiger partial charge in [-0.2, -0.15) is 0 Å². The van der Waals surface area contributed by atoms with Gasteiger partial charge in [0.2, 0.25) is 5.88 Å². The summed E-state index contributed by atoms with van der Waals surface area (Å²) >= 11 is 3.33. The van der Waals surface area contributed by atoms with Crippen molar-refractivity contribution in [2.24, 2.45) is 0 Å². The van der Waals surface area contributed by atoms with E-state index in [1.807, 2.05) is 20.8 Å². The molecule has 0 aromatic carbocycles. The van der Waals surface area contributed by atoms with Crippen LogP contribution in [-0.4, -0.2) is 15.1 Å². The molecule has 1 heterocycles. The molecule has 1 N–H and O–H groups in total. The normalized spacial score (nSPS) is 11.8. The predicted octanol–water partition coefficient (Wildman–Crippen LogP) is 2.55. The highest BCUT2D eigenvalue weighted by molar-refractivity contribution is 9.10. The lowest BCUT2D eigenvalue weighted by Crippen LogP contribution is -2.15. The Hall–Kier alpha value is -0.640. The van der Waals surface area contributed by atoms with Gasteiger partial charge in [0, 0.05) is 5.41 Å². The second-order valence-corrected chi connectivity index (χ2v) is 4.77. The highest BCUT2D eigenvalue weighted by Crippen LogP contribution is 2.28. The SMILES string of the molecule is Cc1nc(Br)c(C(C)(C)C)nc1O. The average molecular weight is 245 g/mol. The van der Waals surface area contributed by atoms with Gasteiger partial charge >= 0.3 is 0 Å². The Balaban J connectivity index is 3.32.